The van der Waals surface area contributed by atoms with Gasteiger partial charge in [0.05, 0.1) is 25.6 Å². The van der Waals surface area contributed by atoms with E-state index in [0.717, 1.165) is 0 Å². The van der Waals surface area contributed by atoms with Gasteiger partial charge < -0.3 is 39.0 Å². The van der Waals surface area contributed by atoms with Crippen LogP contribution in [0.4, 0.5) is 16.2 Å². The summed E-state index contributed by atoms with van der Waals surface area (Å²) in [6.45, 7) is 7.01. The average Bonchev–Trinajstić information content (AvgIpc) is 3.61. The van der Waals surface area contributed by atoms with Gasteiger partial charge in [-0.15, -0.1) is 0 Å². The Balaban J connectivity index is 1.40. The number of nitrogens with zero attached hydrogens (tertiary/aromatic N) is 3. The number of nitrogens with one attached hydrogen (secondary N) is 2. The highest BCUT2D eigenvalue weighted by molar-refractivity contribution is 7.92. The van der Waals surface area contributed by atoms with Crippen molar-refractivity contribution in [2.24, 2.45) is 5.92 Å². The maximum atomic E-state index is 13.5. The van der Waals surface area contributed by atoms with E-state index in [0.29, 0.717) is 28.5 Å². The molecule has 0 saturated carbocycles. The molecule has 2 aliphatic rings. The number of amides is 3. The Bertz CT molecular complexity index is 1670. The fraction of sp³-hybridized carbons (Fsp3) is 0.433. The van der Waals surface area contributed by atoms with E-state index in [9.17, 15) is 23.1 Å². The summed E-state index contributed by atoms with van der Waals surface area (Å²) in [4.78, 5) is 29.7. The van der Waals surface area contributed by atoms with Crippen molar-refractivity contribution in [2.45, 2.75) is 51.2 Å². The van der Waals surface area contributed by atoms with Crippen molar-refractivity contribution in [1.82, 2.24) is 15.0 Å². The van der Waals surface area contributed by atoms with Gasteiger partial charge >= 0.3 is 6.03 Å². The Morgan fingerprint density at radius 1 is 1.13 bits per heavy atom. The summed E-state index contributed by atoms with van der Waals surface area (Å²) in [5, 5.41) is 16.5. The quantitative estimate of drug-likeness (QED) is 0.331. The third-order valence-electron chi connectivity index (χ3n) is 7.83. The van der Waals surface area contributed by atoms with Crippen LogP contribution in [-0.2, 0) is 21.2 Å². The van der Waals surface area contributed by atoms with Crippen molar-refractivity contribution in [1.29, 1.82) is 0 Å². The predicted octanol–water partition coefficient (Wildman–Crippen LogP) is 3.13. The standard InChI is InChI=1S/C30H37N5O9S/c1-17-13-35(18(2)15-36)28(37)11-21-10-23(33-45(39,40)29-19(3)32-44-20(29)4)7-8-24(21)43-27(17)14-34(5)30(38)31-22-6-9-25-26(12-22)42-16-41-25/h6-10,12,17-18,27,33,36H,11,13-16H2,1-5H3,(H,31,38)/t17-,18+,27-/m1/s1. The zero-order chi connectivity index (χ0) is 32.5. The fourth-order valence-corrected chi connectivity index (χ4v) is 6.70. The molecule has 0 aliphatic carbocycles. The summed E-state index contributed by atoms with van der Waals surface area (Å²) < 4.78 is 51.1. The van der Waals surface area contributed by atoms with E-state index in [4.69, 9.17) is 18.7 Å². The zero-order valence-corrected chi connectivity index (χ0v) is 26.5. The highest BCUT2D eigenvalue weighted by atomic mass is 32.2. The minimum Gasteiger partial charge on any atom is -0.488 e. The third kappa shape index (κ3) is 6.93. The molecule has 3 amide bonds. The fourth-order valence-electron chi connectivity index (χ4n) is 5.32. The van der Waals surface area contributed by atoms with Gasteiger partial charge in [0.15, 0.2) is 22.2 Å². The van der Waals surface area contributed by atoms with Crippen molar-refractivity contribution < 1.29 is 41.8 Å². The van der Waals surface area contributed by atoms with E-state index in [1.54, 1.807) is 55.3 Å². The smallest absolute Gasteiger partial charge is 0.321 e. The number of ether oxygens (including phenoxy) is 3. The van der Waals surface area contributed by atoms with Gasteiger partial charge in [0.2, 0.25) is 12.7 Å². The number of aliphatic hydroxyl groups excluding tert-OH is 1. The number of likely N-dealkylation sites (N-methyl/N-ethyl adjacent to an activating group) is 1. The van der Waals surface area contributed by atoms with Crippen LogP contribution in [0.15, 0.2) is 45.8 Å². The van der Waals surface area contributed by atoms with E-state index >= 15 is 0 Å². The number of urea groups is 1. The van der Waals surface area contributed by atoms with E-state index in [1.807, 2.05) is 6.92 Å². The molecule has 0 radical (unpaired) electrons. The molecule has 0 spiro atoms. The summed E-state index contributed by atoms with van der Waals surface area (Å²) in [5.41, 5.74) is 1.42. The second-order valence-corrected chi connectivity index (χ2v) is 13.0. The van der Waals surface area contributed by atoms with E-state index < -0.39 is 22.2 Å². The number of carbonyl (C=O) groups excluding carboxylic acids is 2. The molecule has 0 fully saturated rings. The van der Waals surface area contributed by atoms with Crippen molar-refractivity contribution in [3.8, 4) is 17.2 Å². The first-order valence-electron chi connectivity index (χ1n) is 14.4. The van der Waals surface area contributed by atoms with Crippen molar-refractivity contribution in [3.05, 3.63) is 53.4 Å². The largest absolute Gasteiger partial charge is 0.488 e. The van der Waals surface area contributed by atoms with Crippen LogP contribution in [0.25, 0.3) is 0 Å². The Kier molecular flexibility index (Phi) is 9.11. The van der Waals surface area contributed by atoms with Crippen LogP contribution in [0.5, 0.6) is 17.2 Å². The maximum absolute atomic E-state index is 13.5. The van der Waals surface area contributed by atoms with Gasteiger partial charge in [-0.1, -0.05) is 12.1 Å². The van der Waals surface area contributed by atoms with Crippen LogP contribution in [0.2, 0.25) is 0 Å². The molecule has 3 atom stereocenters. The number of hydrogen-bond donors (Lipinski definition) is 3. The van der Waals surface area contributed by atoms with Crippen molar-refractivity contribution in [3.63, 3.8) is 0 Å². The van der Waals surface area contributed by atoms with Gasteiger partial charge in [-0.2, -0.15) is 0 Å². The second kappa shape index (κ2) is 12.9. The third-order valence-corrected chi connectivity index (χ3v) is 9.45. The Labute approximate surface area is 261 Å². The molecule has 3 aromatic rings. The van der Waals surface area contributed by atoms with Gasteiger partial charge in [0.25, 0.3) is 10.0 Å². The number of hydrogen-bond acceptors (Lipinski definition) is 10. The van der Waals surface area contributed by atoms with Crippen LogP contribution in [0, 0.1) is 19.8 Å². The highest BCUT2D eigenvalue weighted by Gasteiger charge is 2.32. The zero-order valence-electron chi connectivity index (χ0n) is 25.7. The molecule has 1 aromatic heterocycles. The Morgan fingerprint density at radius 3 is 2.56 bits per heavy atom. The number of benzene rings is 2. The van der Waals surface area contributed by atoms with Crippen molar-refractivity contribution in [2.75, 3.05) is 43.6 Å². The molecule has 0 unspecified atom stereocenters. The molecule has 15 heteroatoms. The Hall–Kier alpha value is -4.50. The van der Waals surface area contributed by atoms with Gasteiger partial charge in [-0.3, -0.25) is 9.52 Å². The number of rotatable bonds is 8. The monoisotopic (exact) mass is 643 g/mol. The summed E-state index contributed by atoms with van der Waals surface area (Å²) in [7, 11) is -2.40. The summed E-state index contributed by atoms with van der Waals surface area (Å²) in [6, 6.07) is 8.95. The van der Waals surface area contributed by atoms with Crippen molar-refractivity contribution >= 4 is 33.3 Å². The normalized spacial score (nSPS) is 18.6. The van der Waals surface area contributed by atoms with Crippen LogP contribution >= 0.6 is 0 Å². The number of carbonyl (C=O) groups is 2. The SMILES string of the molecule is Cc1noc(C)c1S(=O)(=O)Nc1ccc2c(c1)CC(=O)N([C@@H](C)CO)C[C@@H](C)[C@@H](CN(C)C(=O)Nc1ccc3c(c1)OCO3)O2. The first-order chi connectivity index (χ1) is 21.4. The molecule has 242 valence electrons. The topological polar surface area (TPSA) is 173 Å². The average molecular weight is 644 g/mol. The lowest BCUT2D eigenvalue weighted by Crippen LogP contribution is -2.48. The molecular formula is C30H37N5O9S. The molecule has 0 bridgehead atoms. The summed E-state index contributed by atoms with van der Waals surface area (Å²) in [6.07, 6.45) is -0.666. The number of anilines is 2. The van der Waals surface area contributed by atoms with Crippen LogP contribution in [-0.4, -0.2) is 86.1 Å². The lowest BCUT2D eigenvalue weighted by molar-refractivity contribution is -0.134. The summed E-state index contributed by atoms with van der Waals surface area (Å²) >= 11 is 0. The highest BCUT2D eigenvalue weighted by Crippen LogP contribution is 2.35. The molecule has 0 saturated heterocycles. The number of aryl methyl sites for hydroxylation is 2. The molecule has 2 aliphatic heterocycles. The molecule has 2 aromatic carbocycles. The molecule has 14 nitrogen and oxygen atoms in total. The first-order valence-corrected chi connectivity index (χ1v) is 15.9. The molecular weight excluding hydrogens is 606 g/mol. The molecule has 3 N–H and O–H groups in total. The summed E-state index contributed by atoms with van der Waals surface area (Å²) in [5.74, 6) is 1.16. The lowest BCUT2D eigenvalue weighted by atomic mass is 10.0. The van der Waals surface area contributed by atoms with Gasteiger partial charge in [-0.25, -0.2) is 13.2 Å². The second-order valence-electron chi connectivity index (χ2n) is 11.3. The molecule has 3 heterocycles. The van der Waals surface area contributed by atoms with E-state index in [2.05, 4.69) is 15.2 Å². The van der Waals surface area contributed by atoms with Crippen LogP contribution < -0.4 is 24.2 Å². The van der Waals surface area contributed by atoms with Gasteiger partial charge in [0, 0.05) is 42.5 Å². The molecule has 45 heavy (non-hydrogen) atoms. The minimum atomic E-state index is -4.04. The minimum absolute atomic E-state index is 0.0581. The van der Waals surface area contributed by atoms with Gasteiger partial charge in [-0.05, 0) is 51.1 Å². The number of fused-ring (bicyclic) bond motifs is 2. The molecule has 5 rings (SSSR count). The predicted molar refractivity (Wildman–Crippen MR) is 163 cm³/mol. The van der Waals surface area contributed by atoms with E-state index in [1.165, 1.54) is 18.7 Å². The van der Waals surface area contributed by atoms with Crippen LogP contribution in [0.3, 0.4) is 0 Å². The maximum Gasteiger partial charge on any atom is 0.321 e. The number of aliphatic hydroxyl groups is 1. The number of aromatic nitrogens is 1. The lowest BCUT2D eigenvalue weighted by Gasteiger charge is -2.34. The van der Waals surface area contributed by atoms with Crippen LogP contribution in [0.1, 0.15) is 30.9 Å². The van der Waals surface area contributed by atoms with E-state index in [-0.39, 0.29) is 72.8 Å². The number of sulfonamides is 1. The Morgan fingerprint density at radius 2 is 1.84 bits per heavy atom. The first kappa shape index (κ1) is 31.9. The van der Waals surface area contributed by atoms with Gasteiger partial charge in [0.1, 0.15) is 17.5 Å².